The van der Waals surface area contributed by atoms with E-state index in [0.29, 0.717) is 25.6 Å². The predicted molar refractivity (Wildman–Crippen MR) is 86.9 cm³/mol. The lowest BCUT2D eigenvalue weighted by Crippen LogP contribution is -2.34. The van der Waals surface area contributed by atoms with Gasteiger partial charge in [0.2, 0.25) is 11.8 Å². The summed E-state index contributed by atoms with van der Waals surface area (Å²) in [5.74, 6) is -0.0214. The van der Waals surface area contributed by atoms with Crippen molar-refractivity contribution in [2.24, 2.45) is 5.92 Å². The molecule has 1 aromatic heterocycles. The van der Waals surface area contributed by atoms with Crippen LogP contribution in [0.5, 0.6) is 0 Å². The van der Waals surface area contributed by atoms with Crippen LogP contribution in [0.2, 0.25) is 0 Å². The molecule has 2 amide bonds. The van der Waals surface area contributed by atoms with Crippen LogP contribution in [0, 0.1) is 19.8 Å². The zero-order valence-corrected chi connectivity index (χ0v) is 14.3. The molecule has 126 valence electrons. The van der Waals surface area contributed by atoms with Crippen LogP contribution in [0.1, 0.15) is 43.1 Å². The third-order valence-electron chi connectivity index (χ3n) is 5.02. The Balaban J connectivity index is 1.50. The van der Waals surface area contributed by atoms with E-state index in [9.17, 15) is 9.59 Å². The monoisotopic (exact) mass is 318 g/mol. The van der Waals surface area contributed by atoms with Crippen LogP contribution in [0.4, 0.5) is 0 Å². The Labute approximate surface area is 137 Å². The zero-order chi connectivity index (χ0) is 16.6. The van der Waals surface area contributed by atoms with E-state index in [2.05, 4.69) is 24.3 Å². The third-order valence-corrected chi connectivity index (χ3v) is 5.02. The van der Waals surface area contributed by atoms with E-state index in [1.165, 1.54) is 11.3 Å². The molecular formula is C17H26N4O2. The van der Waals surface area contributed by atoms with Crippen molar-refractivity contribution in [3.8, 4) is 0 Å². The molecule has 1 N–H and O–H groups in total. The van der Waals surface area contributed by atoms with E-state index >= 15 is 0 Å². The van der Waals surface area contributed by atoms with Gasteiger partial charge in [0.05, 0.1) is 11.6 Å². The molecule has 1 aliphatic heterocycles. The Bertz CT molecular complexity index is 618. The minimum Gasteiger partial charge on any atom is -0.355 e. The highest BCUT2D eigenvalue weighted by Gasteiger charge is 2.41. The summed E-state index contributed by atoms with van der Waals surface area (Å²) in [4.78, 5) is 26.1. The van der Waals surface area contributed by atoms with E-state index in [4.69, 9.17) is 0 Å². The minimum absolute atomic E-state index is 0.0136. The average molecular weight is 318 g/mol. The molecule has 2 heterocycles. The number of aromatic nitrogens is 2. The Kier molecular flexibility index (Phi) is 4.41. The maximum atomic E-state index is 12.3. The standard InChI is InChI=1S/C17H26N4O2/c1-4-21-12(3)15(11(2)19-21)7-8-18-17(23)13-9-16(22)20(10-13)14-5-6-14/h13-14H,4-10H2,1-3H3,(H,18,23). The van der Waals surface area contributed by atoms with E-state index < -0.39 is 0 Å². The second kappa shape index (κ2) is 6.34. The number of aryl methyl sites for hydroxylation is 2. The maximum Gasteiger partial charge on any atom is 0.225 e. The highest BCUT2D eigenvalue weighted by molar-refractivity contribution is 5.89. The summed E-state index contributed by atoms with van der Waals surface area (Å²) in [7, 11) is 0. The summed E-state index contributed by atoms with van der Waals surface area (Å²) in [6.07, 6.45) is 3.35. The van der Waals surface area contributed by atoms with Crippen LogP contribution in [-0.2, 0) is 22.6 Å². The second-order valence-electron chi connectivity index (χ2n) is 6.68. The zero-order valence-electron chi connectivity index (χ0n) is 14.3. The van der Waals surface area contributed by atoms with Gasteiger partial charge in [0, 0.05) is 37.8 Å². The number of hydrogen-bond donors (Lipinski definition) is 1. The molecule has 0 spiro atoms. The molecular weight excluding hydrogens is 292 g/mol. The molecule has 23 heavy (non-hydrogen) atoms. The van der Waals surface area contributed by atoms with Crippen LogP contribution in [0.3, 0.4) is 0 Å². The van der Waals surface area contributed by atoms with Crippen LogP contribution < -0.4 is 5.32 Å². The van der Waals surface area contributed by atoms with Crippen molar-refractivity contribution in [2.75, 3.05) is 13.1 Å². The quantitative estimate of drug-likeness (QED) is 0.857. The van der Waals surface area contributed by atoms with Gasteiger partial charge in [0.1, 0.15) is 0 Å². The SMILES string of the molecule is CCn1nc(C)c(CCNC(=O)C2CC(=O)N(C3CC3)C2)c1C. The van der Waals surface area contributed by atoms with Gasteiger partial charge < -0.3 is 10.2 Å². The molecule has 1 unspecified atom stereocenters. The number of nitrogens with zero attached hydrogens (tertiary/aromatic N) is 3. The Morgan fingerprint density at radius 3 is 2.70 bits per heavy atom. The number of hydrogen-bond acceptors (Lipinski definition) is 3. The molecule has 6 heteroatoms. The van der Waals surface area contributed by atoms with Gasteiger partial charge in [-0.05, 0) is 45.6 Å². The van der Waals surface area contributed by atoms with E-state index in [0.717, 1.165) is 31.5 Å². The molecule has 1 saturated heterocycles. The van der Waals surface area contributed by atoms with E-state index in [-0.39, 0.29) is 17.7 Å². The van der Waals surface area contributed by atoms with Crippen molar-refractivity contribution in [3.05, 3.63) is 17.0 Å². The van der Waals surface area contributed by atoms with Crippen molar-refractivity contribution < 1.29 is 9.59 Å². The first-order valence-corrected chi connectivity index (χ1v) is 8.61. The summed E-state index contributed by atoms with van der Waals surface area (Å²) >= 11 is 0. The van der Waals surface area contributed by atoms with Crippen LogP contribution in [0.25, 0.3) is 0 Å². The van der Waals surface area contributed by atoms with Crippen molar-refractivity contribution >= 4 is 11.8 Å². The Morgan fingerprint density at radius 2 is 2.09 bits per heavy atom. The molecule has 2 aliphatic rings. The van der Waals surface area contributed by atoms with E-state index in [1.807, 2.05) is 16.5 Å². The fourth-order valence-corrected chi connectivity index (χ4v) is 3.51. The number of carbonyl (C=O) groups is 2. The molecule has 1 aliphatic carbocycles. The number of likely N-dealkylation sites (tertiary alicyclic amines) is 1. The molecule has 0 bridgehead atoms. The van der Waals surface area contributed by atoms with Gasteiger partial charge in [-0.1, -0.05) is 0 Å². The number of rotatable bonds is 6. The first-order valence-electron chi connectivity index (χ1n) is 8.61. The summed E-state index contributed by atoms with van der Waals surface area (Å²) in [5, 5.41) is 7.50. The summed E-state index contributed by atoms with van der Waals surface area (Å²) in [6, 6.07) is 0.408. The number of carbonyl (C=O) groups excluding carboxylic acids is 2. The molecule has 1 saturated carbocycles. The predicted octanol–water partition coefficient (Wildman–Crippen LogP) is 1.19. The Hall–Kier alpha value is -1.85. The van der Waals surface area contributed by atoms with Crippen molar-refractivity contribution in [1.82, 2.24) is 20.0 Å². The highest BCUT2D eigenvalue weighted by Crippen LogP contribution is 2.32. The topological polar surface area (TPSA) is 67.2 Å². The maximum absolute atomic E-state index is 12.3. The van der Waals surface area contributed by atoms with Crippen molar-refractivity contribution in [2.45, 2.75) is 59.0 Å². The van der Waals surface area contributed by atoms with Gasteiger partial charge in [-0.25, -0.2) is 0 Å². The van der Waals surface area contributed by atoms with Gasteiger partial charge in [0.25, 0.3) is 0 Å². The van der Waals surface area contributed by atoms with Crippen molar-refractivity contribution in [3.63, 3.8) is 0 Å². The Morgan fingerprint density at radius 1 is 1.35 bits per heavy atom. The first-order chi connectivity index (χ1) is 11.0. The molecule has 1 atom stereocenters. The smallest absolute Gasteiger partial charge is 0.225 e. The van der Waals surface area contributed by atoms with Gasteiger partial charge in [-0.15, -0.1) is 0 Å². The molecule has 3 rings (SSSR count). The fourth-order valence-electron chi connectivity index (χ4n) is 3.51. The van der Waals surface area contributed by atoms with E-state index in [1.54, 1.807) is 0 Å². The van der Waals surface area contributed by atoms with Crippen LogP contribution in [0.15, 0.2) is 0 Å². The average Bonchev–Trinajstić information content (AvgIpc) is 3.24. The number of amides is 2. The van der Waals surface area contributed by atoms with Gasteiger partial charge >= 0.3 is 0 Å². The summed E-state index contributed by atoms with van der Waals surface area (Å²) in [6.45, 7) is 8.22. The minimum atomic E-state index is -0.177. The summed E-state index contributed by atoms with van der Waals surface area (Å²) in [5.41, 5.74) is 3.43. The largest absolute Gasteiger partial charge is 0.355 e. The lowest BCUT2D eigenvalue weighted by Gasteiger charge is -2.15. The second-order valence-corrected chi connectivity index (χ2v) is 6.68. The van der Waals surface area contributed by atoms with Crippen LogP contribution >= 0.6 is 0 Å². The normalized spacial score (nSPS) is 21.1. The van der Waals surface area contributed by atoms with Crippen LogP contribution in [-0.4, -0.2) is 45.6 Å². The lowest BCUT2D eigenvalue weighted by atomic mass is 10.1. The van der Waals surface area contributed by atoms with Gasteiger partial charge in [-0.2, -0.15) is 5.10 Å². The molecule has 0 radical (unpaired) electrons. The summed E-state index contributed by atoms with van der Waals surface area (Å²) < 4.78 is 2.00. The van der Waals surface area contributed by atoms with Crippen molar-refractivity contribution in [1.29, 1.82) is 0 Å². The van der Waals surface area contributed by atoms with Gasteiger partial charge in [0.15, 0.2) is 0 Å². The molecule has 0 aromatic carbocycles. The number of nitrogens with one attached hydrogen (secondary N) is 1. The lowest BCUT2D eigenvalue weighted by molar-refractivity contribution is -0.129. The molecule has 6 nitrogen and oxygen atoms in total. The molecule has 2 fully saturated rings. The highest BCUT2D eigenvalue weighted by atomic mass is 16.2. The molecule has 1 aromatic rings. The first kappa shape index (κ1) is 16.0. The van der Waals surface area contributed by atoms with Gasteiger partial charge in [-0.3, -0.25) is 14.3 Å². The third kappa shape index (κ3) is 3.26. The fraction of sp³-hybridized carbons (Fsp3) is 0.706.